The highest BCUT2D eigenvalue weighted by atomic mass is 28.3. The molecule has 0 saturated heterocycles. The van der Waals surface area contributed by atoms with Crippen molar-refractivity contribution < 1.29 is 0 Å². The van der Waals surface area contributed by atoms with Crippen molar-refractivity contribution in [2.75, 3.05) is 0 Å². The van der Waals surface area contributed by atoms with Crippen molar-refractivity contribution in [3.8, 4) is 0 Å². The van der Waals surface area contributed by atoms with Gasteiger partial charge in [-0.3, -0.25) is 0 Å². The van der Waals surface area contributed by atoms with Gasteiger partial charge in [-0.05, 0) is 16.9 Å². The van der Waals surface area contributed by atoms with Crippen LogP contribution in [0, 0.1) is 5.41 Å². The van der Waals surface area contributed by atoms with Gasteiger partial charge in [0.1, 0.15) is 0 Å². The van der Waals surface area contributed by atoms with Crippen LogP contribution in [-0.2, 0) is 0 Å². The first kappa shape index (κ1) is 12.2. The minimum atomic E-state index is -0.995. The van der Waals surface area contributed by atoms with Crippen LogP contribution < -0.4 is 0 Å². The molecule has 0 rings (SSSR count). The zero-order chi connectivity index (χ0) is 10.2. The Bertz CT molecular complexity index is 143. The van der Waals surface area contributed by atoms with E-state index in [9.17, 15) is 0 Å². The largest absolute Gasteiger partial charge is 0.0692 e. The lowest BCUT2D eigenvalue weighted by atomic mass is 9.86. The lowest BCUT2D eigenvalue weighted by Crippen LogP contribution is -2.37. The molecule has 74 valence electrons. The second-order valence-electron chi connectivity index (χ2n) is 6.87. The Hall–Kier alpha value is 0.217. The van der Waals surface area contributed by atoms with Gasteiger partial charge in [0, 0.05) is 8.07 Å². The van der Waals surface area contributed by atoms with Crippen molar-refractivity contribution in [3.63, 3.8) is 0 Å². The van der Waals surface area contributed by atoms with Gasteiger partial charge in [-0.1, -0.05) is 54.3 Å². The van der Waals surface area contributed by atoms with Crippen molar-refractivity contribution in [2.24, 2.45) is 5.41 Å². The minimum Gasteiger partial charge on any atom is -0.0692 e. The Morgan fingerprint density at radius 2 is 1.17 bits per heavy atom. The molecule has 0 radical (unpaired) electrons. The smallest absolute Gasteiger partial charge is 0.0499 e. The van der Waals surface area contributed by atoms with E-state index in [1.165, 1.54) is 6.42 Å². The molecule has 0 amide bonds. The van der Waals surface area contributed by atoms with E-state index in [-0.39, 0.29) is 0 Å². The van der Waals surface area contributed by atoms with Crippen molar-refractivity contribution in [1.29, 1.82) is 0 Å². The summed E-state index contributed by atoms with van der Waals surface area (Å²) in [5.74, 6) is 0. The normalized spacial score (nSPS) is 15.0. The molecule has 0 atom stereocenters. The third-order valence-corrected chi connectivity index (χ3v) is 7.24. The molecule has 1 heteroatoms. The lowest BCUT2D eigenvalue weighted by Gasteiger charge is -2.41. The fourth-order valence-corrected chi connectivity index (χ4v) is 2.65. The topological polar surface area (TPSA) is 0 Å². The number of hydrogen-bond donors (Lipinski definition) is 0. The molecule has 0 spiro atoms. The highest BCUT2D eigenvalue weighted by molar-refractivity contribution is 6.79. The second-order valence-corrected chi connectivity index (χ2v) is 12.7. The molecule has 0 aromatic carbocycles. The molecular formula is C11H26Si. The van der Waals surface area contributed by atoms with E-state index in [1.54, 1.807) is 0 Å². The molecule has 0 aromatic heterocycles. The summed E-state index contributed by atoms with van der Waals surface area (Å²) in [4.78, 5) is 0. The summed E-state index contributed by atoms with van der Waals surface area (Å²) in [6.07, 6.45) is 1.34. The van der Waals surface area contributed by atoms with Gasteiger partial charge in [-0.2, -0.15) is 0 Å². The fraction of sp³-hybridized carbons (Fsp3) is 1.00. The van der Waals surface area contributed by atoms with Gasteiger partial charge >= 0.3 is 0 Å². The SMILES string of the molecule is CC(C)(C)CC(C)(C)[Si](C)(C)C. The first-order valence-corrected chi connectivity index (χ1v) is 8.46. The first-order valence-electron chi connectivity index (χ1n) is 4.96. The third kappa shape index (κ3) is 3.75. The van der Waals surface area contributed by atoms with Crippen LogP contribution >= 0.6 is 0 Å². The van der Waals surface area contributed by atoms with Crippen LogP contribution in [0.5, 0.6) is 0 Å². The van der Waals surface area contributed by atoms with E-state index in [2.05, 4.69) is 54.3 Å². The van der Waals surface area contributed by atoms with Crippen LogP contribution in [0.25, 0.3) is 0 Å². The van der Waals surface area contributed by atoms with Crippen molar-refractivity contribution in [2.45, 2.75) is 65.7 Å². The monoisotopic (exact) mass is 186 g/mol. The molecule has 0 aliphatic carbocycles. The van der Waals surface area contributed by atoms with Gasteiger partial charge in [0.15, 0.2) is 0 Å². The van der Waals surface area contributed by atoms with E-state index in [0.29, 0.717) is 10.5 Å². The van der Waals surface area contributed by atoms with Gasteiger partial charge < -0.3 is 0 Å². The molecule has 0 aliphatic rings. The molecule has 0 aromatic rings. The first-order chi connectivity index (χ1) is 4.96. The summed E-state index contributed by atoms with van der Waals surface area (Å²) in [7, 11) is -0.995. The van der Waals surface area contributed by atoms with Gasteiger partial charge in [0.25, 0.3) is 0 Å². The van der Waals surface area contributed by atoms with Crippen LogP contribution in [-0.4, -0.2) is 8.07 Å². The van der Waals surface area contributed by atoms with E-state index in [1.807, 2.05) is 0 Å². The number of rotatable bonds is 2. The molecule has 0 saturated carbocycles. The summed E-state index contributed by atoms with van der Waals surface area (Å²) < 4.78 is 0. The molecule has 0 heterocycles. The predicted molar refractivity (Wildman–Crippen MR) is 61.5 cm³/mol. The maximum absolute atomic E-state index is 2.47. The van der Waals surface area contributed by atoms with Gasteiger partial charge in [-0.25, -0.2) is 0 Å². The molecule has 0 bridgehead atoms. The summed E-state index contributed by atoms with van der Waals surface area (Å²) in [5.41, 5.74) is 0.476. The van der Waals surface area contributed by atoms with Crippen molar-refractivity contribution >= 4 is 8.07 Å². The highest BCUT2D eigenvalue weighted by Crippen LogP contribution is 2.46. The average molecular weight is 186 g/mol. The van der Waals surface area contributed by atoms with E-state index in [0.717, 1.165) is 0 Å². The Labute approximate surface area is 79.8 Å². The van der Waals surface area contributed by atoms with E-state index in [4.69, 9.17) is 0 Å². The van der Waals surface area contributed by atoms with Crippen LogP contribution in [0.4, 0.5) is 0 Å². The molecule has 0 unspecified atom stereocenters. The van der Waals surface area contributed by atoms with Gasteiger partial charge in [0.2, 0.25) is 0 Å². The Morgan fingerprint density at radius 1 is 0.833 bits per heavy atom. The molecule has 0 fully saturated rings. The standard InChI is InChI=1S/C11H26Si/c1-10(2,3)9-11(4,5)12(6,7)8/h9H2,1-8H3. The Balaban J connectivity index is 4.44. The van der Waals surface area contributed by atoms with Crippen LogP contribution in [0.1, 0.15) is 41.0 Å². The maximum Gasteiger partial charge on any atom is 0.0499 e. The third-order valence-electron chi connectivity index (χ3n) is 3.00. The van der Waals surface area contributed by atoms with Gasteiger partial charge in [-0.15, -0.1) is 0 Å². The summed E-state index contributed by atoms with van der Waals surface area (Å²) in [5, 5.41) is 0.561. The molecular weight excluding hydrogens is 160 g/mol. The van der Waals surface area contributed by atoms with Crippen LogP contribution in [0.3, 0.4) is 0 Å². The summed E-state index contributed by atoms with van der Waals surface area (Å²) in [6.45, 7) is 19.3. The molecule has 0 nitrogen and oxygen atoms in total. The summed E-state index contributed by atoms with van der Waals surface area (Å²) >= 11 is 0. The summed E-state index contributed by atoms with van der Waals surface area (Å²) in [6, 6.07) is 0. The Kier molecular flexibility index (Phi) is 3.23. The van der Waals surface area contributed by atoms with E-state index < -0.39 is 8.07 Å². The van der Waals surface area contributed by atoms with Crippen LogP contribution in [0.15, 0.2) is 0 Å². The zero-order valence-corrected chi connectivity index (χ0v) is 11.2. The quantitative estimate of drug-likeness (QED) is 0.555. The average Bonchev–Trinajstić information content (AvgIpc) is 1.52. The lowest BCUT2D eigenvalue weighted by molar-refractivity contribution is 0.323. The van der Waals surface area contributed by atoms with Crippen molar-refractivity contribution in [1.82, 2.24) is 0 Å². The van der Waals surface area contributed by atoms with Gasteiger partial charge in [0.05, 0.1) is 0 Å². The number of hydrogen-bond acceptors (Lipinski definition) is 0. The van der Waals surface area contributed by atoms with E-state index >= 15 is 0 Å². The van der Waals surface area contributed by atoms with Crippen LogP contribution in [0.2, 0.25) is 24.7 Å². The zero-order valence-electron chi connectivity index (χ0n) is 10.2. The molecule has 0 N–H and O–H groups in total. The van der Waals surface area contributed by atoms with Crippen molar-refractivity contribution in [3.05, 3.63) is 0 Å². The minimum absolute atomic E-state index is 0.476. The molecule has 0 aliphatic heterocycles. The predicted octanol–water partition coefficient (Wildman–Crippen LogP) is 4.54. The Morgan fingerprint density at radius 3 is 1.25 bits per heavy atom. The fourth-order valence-electron chi connectivity index (χ4n) is 1.59. The highest BCUT2D eigenvalue weighted by Gasteiger charge is 2.37. The maximum atomic E-state index is 2.47. The second kappa shape index (κ2) is 3.17. The molecule has 12 heavy (non-hydrogen) atoms.